The van der Waals surface area contributed by atoms with E-state index in [-0.39, 0.29) is 11.7 Å². The molecule has 1 aromatic heterocycles. The summed E-state index contributed by atoms with van der Waals surface area (Å²) in [4.78, 5) is 11.9. The van der Waals surface area contributed by atoms with E-state index in [1.165, 1.54) is 5.56 Å². The van der Waals surface area contributed by atoms with Crippen molar-refractivity contribution in [2.45, 2.75) is 19.3 Å². The van der Waals surface area contributed by atoms with Crippen LogP contribution in [0, 0.1) is 0 Å². The first-order valence-electron chi connectivity index (χ1n) is 6.44. The zero-order chi connectivity index (χ0) is 13.9. The number of fused-ring (bicyclic) bond motifs is 1. The van der Waals surface area contributed by atoms with Gasteiger partial charge in [-0.15, -0.1) is 0 Å². The van der Waals surface area contributed by atoms with Crippen molar-refractivity contribution in [1.29, 1.82) is 0 Å². The van der Waals surface area contributed by atoms with Crippen LogP contribution in [0.25, 0.3) is 0 Å². The Kier molecular flexibility index (Phi) is 3.69. The molecular formula is C15H13BrN2O2. The number of hydrogen-bond acceptors (Lipinski definition) is 3. The number of hydrogen-bond donors (Lipinski definition) is 1. The molecule has 5 heteroatoms. The molecule has 0 aliphatic heterocycles. The average molecular weight is 333 g/mol. The minimum absolute atomic E-state index is 0.241. The molecule has 20 heavy (non-hydrogen) atoms. The summed E-state index contributed by atoms with van der Waals surface area (Å²) in [7, 11) is 0. The van der Waals surface area contributed by atoms with Crippen LogP contribution in [0.15, 0.2) is 50.6 Å². The van der Waals surface area contributed by atoms with E-state index in [0.29, 0.717) is 4.67 Å². The number of nitrogens with zero attached hydrogens (tertiary/aromatic N) is 1. The normalized spacial score (nSPS) is 15.9. The van der Waals surface area contributed by atoms with Crippen molar-refractivity contribution in [3.05, 3.63) is 58.0 Å². The van der Waals surface area contributed by atoms with Gasteiger partial charge >= 0.3 is 5.91 Å². The maximum atomic E-state index is 11.9. The van der Waals surface area contributed by atoms with Crippen molar-refractivity contribution in [3.8, 4) is 0 Å². The van der Waals surface area contributed by atoms with Crippen LogP contribution in [-0.4, -0.2) is 11.6 Å². The quantitative estimate of drug-likeness (QED) is 0.855. The molecule has 0 spiro atoms. The fourth-order valence-corrected chi connectivity index (χ4v) is 2.63. The SMILES string of the molecule is O=C(N/N=C1/CCCc2ccccc21)c1ccc(Br)o1. The van der Waals surface area contributed by atoms with E-state index in [1.807, 2.05) is 18.2 Å². The lowest BCUT2D eigenvalue weighted by atomic mass is 9.90. The summed E-state index contributed by atoms with van der Waals surface area (Å²) in [5.74, 6) is -0.100. The average Bonchev–Trinajstić information content (AvgIpc) is 2.91. The van der Waals surface area contributed by atoms with Crippen LogP contribution in [0.5, 0.6) is 0 Å². The van der Waals surface area contributed by atoms with Crippen molar-refractivity contribution in [3.63, 3.8) is 0 Å². The summed E-state index contributed by atoms with van der Waals surface area (Å²) in [6.07, 6.45) is 2.99. The Morgan fingerprint density at radius 2 is 2.05 bits per heavy atom. The van der Waals surface area contributed by atoms with Gasteiger partial charge in [0.25, 0.3) is 0 Å². The van der Waals surface area contributed by atoms with Crippen LogP contribution in [-0.2, 0) is 6.42 Å². The van der Waals surface area contributed by atoms with Gasteiger partial charge in [0.2, 0.25) is 0 Å². The van der Waals surface area contributed by atoms with Crippen molar-refractivity contribution in [2.75, 3.05) is 0 Å². The minimum Gasteiger partial charge on any atom is -0.444 e. The third-order valence-electron chi connectivity index (χ3n) is 3.28. The van der Waals surface area contributed by atoms with Gasteiger partial charge in [-0.05, 0) is 52.9 Å². The van der Waals surface area contributed by atoms with Crippen LogP contribution in [0.3, 0.4) is 0 Å². The van der Waals surface area contributed by atoms with Gasteiger partial charge in [-0.1, -0.05) is 24.3 Å². The maximum absolute atomic E-state index is 11.9. The number of carbonyl (C=O) groups is 1. The van der Waals surface area contributed by atoms with Crippen molar-refractivity contribution in [1.82, 2.24) is 5.43 Å². The number of nitrogens with one attached hydrogen (secondary N) is 1. The highest BCUT2D eigenvalue weighted by Crippen LogP contribution is 2.21. The number of amides is 1. The number of halogens is 1. The van der Waals surface area contributed by atoms with Crippen LogP contribution < -0.4 is 5.43 Å². The molecule has 0 radical (unpaired) electrons. The summed E-state index contributed by atoms with van der Waals surface area (Å²) in [5.41, 5.74) is 5.89. The highest BCUT2D eigenvalue weighted by Gasteiger charge is 2.16. The number of aryl methyl sites for hydroxylation is 1. The van der Waals surface area contributed by atoms with Gasteiger partial charge in [0.1, 0.15) is 0 Å². The molecule has 0 unspecified atom stereocenters. The Hall–Kier alpha value is -1.88. The predicted molar refractivity (Wildman–Crippen MR) is 79.8 cm³/mol. The number of carbonyl (C=O) groups excluding carboxylic acids is 1. The zero-order valence-electron chi connectivity index (χ0n) is 10.7. The Bertz CT molecular complexity index is 676. The molecule has 1 heterocycles. The first kappa shape index (κ1) is 13.1. The first-order chi connectivity index (χ1) is 9.74. The van der Waals surface area contributed by atoms with Crippen molar-refractivity contribution in [2.24, 2.45) is 5.10 Å². The smallest absolute Gasteiger partial charge is 0.307 e. The molecule has 0 saturated carbocycles. The summed E-state index contributed by atoms with van der Waals surface area (Å²) in [6, 6.07) is 11.5. The van der Waals surface area contributed by atoms with Gasteiger partial charge in [0.05, 0.1) is 5.71 Å². The fourth-order valence-electron chi connectivity index (χ4n) is 2.33. The molecular weight excluding hydrogens is 320 g/mol. The first-order valence-corrected chi connectivity index (χ1v) is 7.24. The largest absolute Gasteiger partial charge is 0.444 e. The number of benzene rings is 1. The van der Waals surface area contributed by atoms with E-state index in [0.717, 1.165) is 30.5 Å². The van der Waals surface area contributed by atoms with Crippen LogP contribution in [0.1, 0.15) is 34.5 Å². The summed E-state index contributed by atoms with van der Waals surface area (Å²) in [5, 5.41) is 4.25. The van der Waals surface area contributed by atoms with Gasteiger partial charge in [-0.2, -0.15) is 5.10 Å². The second-order valence-electron chi connectivity index (χ2n) is 4.61. The van der Waals surface area contributed by atoms with Crippen molar-refractivity contribution < 1.29 is 9.21 Å². The molecule has 102 valence electrons. The molecule has 2 aromatic rings. The Labute approximate surface area is 125 Å². The van der Waals surface area contributed by atoms with E-state index in [9.17, 15) is 4.79 Å². The molecule has 0 saturated heterocycles. The topological polar surface area (TPSA) is 54.6 Å². The molecule has 1 aliphatic carbocycles. The molecule has 1 amide bonds. The lowest BCUT2D eigenvalue weighted by Crippen LogP contribution is -2.21. The lowest BCUT2D eigenvalue weighted by Gasteiger charge is -2.17. The minimum atomic E-state index is -0.341. The molecule has 0 bridgehead atoms. The summed E-state index contributed by atoms with van der Waals surface area (Å²) in [6.45, 7) is 0. The van der Waals surface area contributed by atoms with Crippen LogP contribution in [0.4, 0.5) is 0 Å². The Balaban J connectivity index is 1.79. The number of rotatable bonds is 2. The van der Waals surface area contributed by atoms with Gasteiger partial charge in [0.15, 0.2) is 10.4 Å². The molecule has 1 aliphatic rings. The molecule has 4 nitrogen and oxygen atoms in total. The molecule has 0 fully saturated rings. The Morgan fingerprint density at radius 1 is 1.20 bits per heavy atom. The van der Waals surface area contributed by atoms with E-state index < -0.39 is 0 Å². The summed E-state index contributed by atoms with van der Waals surface area (Å²) >= 11 is 3.17. The highest BCUT2D eigenvalue weighted by atomic mass is 79.9. The number of hydrazone groups is 1. The number of furan rings is 1. The summed E-state index contributed by atoms with van der Waals surface area (Å²) < 4.78 is 5.72. The second-order valence-corrected chi connectivity index (χ2v) is 5.40. The van der Waals surface area contributed by atoms with Crippen LogP contribution >= 0.6 is 15.9 Å². The third kappa shape index (κ3) is 2.67. The van der Waals surface area contributed by atoms with E-state index in [4.69, 9.17) is 4.42 Å². The predicted octanol–water partition coefficient (Wildman–Crippen LogP) is 3.51. The van der Waals surface area contributed by atoms with Gasteiger partial charge in [-0.3, -0.25) is 4.79 Å². The molecule has 1 aromatic carbocycles. The van der Waals surface area contributed by atoms with Gasteiger partial charge in [-0.25, -0.2) is 5.43 Å². The molecule has 1 N–H and O–H groups in total. The van der Waals surface area contributed by atoms with Gasteiger partial charge < -0.3 is 4.42 Å². The molecule has 3 rings (SSSR count). The fraction of sp³-hybridized carbons (Fsp3) is 0.200. The lowest BCUT2D eigenvalue weighted by molar-refractivity contribution is 0.0926. The molecule has 0 atom stereocenters. The Morgan fingerprint density at radius 3 is 2.85 bits per heavy atom. The maximum Gasteiger partial charge on any atom is 0.307 e. The van der Waals surface area contributed by atoms with E-state index in [1.54, 1.807) is 12.1 Å². The second kappa shape index (κ2) is 5.63. The van der Waals surface area contributed by atoms with Gasteiger partial charge in [0, 0.05) is 5.56 Å². The van der Waals surface area contributed by atoms with E-state index >= 15 is 0 Å². The zero-order valence-corrected chi connectivity index (χ0v) is 12.3. The van der Waals surface area contributed by atoms with Crippen LogP contribution in [0.2, 0.25) is 0 Å². The standard InChI is InChI=1S/C15H13BrN2O2/c16-14-9-8-13(20-14)15(19)18-17-12-7-3-5-10-4-1-2-6-11(10)12/h1-2,4,6,8-9H,3,5,7H2,(H,18,19)/b17-12-. The third-order valence-corrected chi connectivity index (χ3v) is 3.70. The monoisotopic (exact) mass is 332 g/mol. The van der Waals surface area contributed by atoms with E-state index in [2.05, 4.69) is 32.5 Å². The van der Waals surface area contributed by atoms with Crippen molar-refractivity contribution >= 4 is 27.5 Å². The highest BCUT2D eigenvalue weighted by molar-refractivity contribution is 9.10.